The van der Waals surface area contributed by atoms with E-state index in [-0.39, 0.29) is 0 Å². The maximum Gasteiger partial charge on any atom is 0.338 e. The van der Waals surface area contributed by atoms with Crippen molar-refractivity contribution in [3.8, 4) is 11.5 Å². The Labute approximate surface area is 203 Å². The number of aryl methyl sites for hydroxylation is 1. The Morgan fingerprint density at radius 1 is 1.15 bits per heavy atom. The molecule has 1 aliphatic heterocycles. The Hall–Kier alpha value is -3.46. The van der Waals surface area contributed by atoms with Crippen LogP contribution >= 0.6 is 11.8 Å². The SMILES string of the molecule is CCSc1nc2n(n1)C(c1ccc(OCc3ccccc3C)c(OC)c1)C(C(=O)OC)=C(C)N2. The molecule has 4 rings (SSSR count). The molecule has 8 nitrogen and oxygen atoms in total. The standard InChI is InChI=1S/C25H28N4O4S/c1-6-34-25-27-24-26-16(3)21(23(30)32-5)22(29(24)28-25)17-11-12-19(20(13-17)31-4)33-14-18-10-8-7-9-15(18)2/h7-13,22H,6,14H2,1-5H3,(H,26,27,28). The molecule has 178 valence electrons. The average Bonchev–Trinajstić information content (AvgIpc) is 3.24. The zero-order valence-electron chi connectivity index (χ0n) is 19.9. The van der Waals surface area contributed by atoms with E-state index >= 15 is 0 Å². The van der Waals surface area contributed by atoms with E-state index in [2.05, 4.69) is 28.4 Å². The van der Waals surface area contributed by atoms with Gasteiger partial charge in [0, 0.05) is 5.70 Å². The Morgan fingerprint density at radius 3 is 2.65 bits per heavy atom. The highest BCUT2D eigenvalue weighted by atomic mass is 32.2. The molecule has 0 saturated heterocycles. The fraction of sp³-hybridized carbons (Fsp3) is 0.320. The molecule has 0 spiro atoms. The number of fused-ring (bicyclic) bond motifs is 1. The van der Waals surface area contributed by atoms with Gasteiger partial charge in [0.1, 0.15) is 12.6 Å². The maximum absolute atomic E-state index is 12.8. The lowest BCUT2D eigenvalue weighted by Gasteiger charge is -2.28. The lowest BCUT2D eigenvalue weighted by atomic mass is 9.95. The van der Waals surface area contributed by atoms with Crippen molar-refractivity contribution in [2.75, 3.05) is 25.3 Å². The Morgan fingerprint density at radius 2 is 1.94 bits per heavy atom. The summed E-state index contributed by atoms with van der Waals surface area (Å²) < 4.78 is 18.6. The van der Waals surface area contributed by atoms with Gasteiger partial charge in [-0.2, -0.15) is 4.98 Å². The van der Waals surface area contributed by atoms with Crippen LogP contribution in [0.4, 0.5) is 5.95 Å². The molecule has 9 heteroatoms. The average molecular weight is 481 g/mol. The van der Waals surface area contributed by atoms with Crippen LogP contribution in [-0.2, 0) is 16.1 Å². The Kier molecular flexibility index (Phi) is 7.12. The number of carbonyl (C=O) groups excluding carboxylic acids is 1. The molecule has 34 heavy (non-hydrogen) atoms. The van der Waals surface area contributed by atoms with Crippen LogP contribution in [0, 0.1) is 6.92 Å². The molecule has 0 amide bonds. The Balaban J connectivity index is 1.72. The smallest absolute Gasteiger partial charge is 0.338 e. The molecule has 2 heterocycles. The van der Waals surface area contributed by atoms with Crippen molar-refractivity contribution in [1.29, 1.82) is 0 Å². The summed E-state index contributed by atoms with van der Waals surface area (Å²) in [5, 5.41) is 8.48. The van der Waals surface area contributed by atoms with Crippen molar-refractivity contribution in [3.63, 3.8) is 0 Å². The van der Waals surface area contributed by atoms with Crippen LogP contribution in [0.25, 0.3) is 0 Å². The summed E-state index contributed by atoms with van der Waals surface area (Å²) in [6.45, 7) is 6.35. The number of ether oxygens (including phenoxy) is 3. The maximum atomic E-state index is 12.8. The number of nitrogens with zero attached hydrogens (tertiary/aromatic N) is 3. The third-order valence-corrected chi connectivity index (χ3v) is 6.38. The minimum Gasteiger partial charge on any atom is -0.493 e. The molecule has 1 atom stereocenters. The zero-order valence-corrected chi connectivity index (χ0v) is 20.7. The topological polar surface area (TPSA) is 87.5 Å². The van der Waals surface area contributed by atoms with E-state index in [1.165, 1.54) is 18.9 Å². The van der Waals surface area contributed by atoms with Gasteiger partial charge in [0.15, 0.2) is 11.5 Å². The van der Waals surface area contributed by atoms with E-state index in [1.807, 2.05) is 50.2 Å². The van der Waals surface area contributed by atoms with Gasteiger partial charge < -0.3 is 19.5 Å². The highest BCUT2D eigenvalue weighted by molar-refractivity contribution is 7.99. The van der Waals surface area contributed by atoms with Gasteiger partial charge in [-0.15, -0.1) is 5.10 Å². The number of aromatic nitrogens is 3. The fourth-order valence-electron chi connectivity index (χ4n) is 3.91. The highest BCUT2D eigenvalue weighted by Crippen LogP contribution is 2.40. The molecule has 0 aliphatic carbocycles. The molecule has 2 aromatic carbocycles. The quantitative estimate of drug-likeness (QED) is 0.365. The summed E-state index contributed by atoms with van der Waals surface area (Å²) in [7, 11) is 2.97. The van der Waals surface area contributed by atoms with E-state index < -0.39 is 12.0 Å². The molecule has 1 N–H and O–H groups in total. The van der Waals surface area contributed by atoms with Crippen LogP contribution in [0.3, 0.4) is 0 Å². The number of allylic oxidation sites excluding steroid dienone is 1. The first-order valence-corrected chi connectivity index (χ1v) is 12.0. The first-order chi connectivity index (χ1) is 16.5. The van der Waals surface area contributed by atoms with Crippen molar-refractivity contribution >= 4 is 23.7 Å². The summed E-state index contributed by atoms with van der Waals surface area (Å²) in [4.78, 5) is 17.4. The van der Waals surface area contributed by atoms with Crippen molar-refractivity contribution in [2.24, 2.45) is 0 Å². The number of carbonyl (C=O) groups is 1. The number of nitrogens with one attached hydrogen (secondary N) is 1. The summed E-state index contributed by atoms with van der Waals surface area (Å²) in [5.74, 6) is 2.16. The van der Waals surface area contributed by atoms with Gasteiger partial charge in [0.2, 0.25) is 11.1 Å². The van der Waals surface area contributed by atoms with Gasteiger partial charge in [-0.1, -0.05) is 49.0 Å². The predicted octanol–water partition coefficient (Wildman–Crippen LogP) is 4.75. The van der Waals surface area contributed by atoms with Crippen molar-refractivity contribution < 1.29 is 19.0 Å². The van der Waals surface area contributed by atoms with Gasteiger partial charge in [0.05, 0.1) is 19.8 Å². The fourth-order valence-corrected chi connectivity index (χ4v) is 4.46. The third kappa shape index (κ3) is 4.61. The van der Waals surface area contributed by atoms with Crippen LogP contribution in [0.15, 0.2) is 58.9 Å². The second kappa shape index (κ2) is 10.2. The van der Waals surface area contributed by atoms with E-state index in [9.17, 15) is 4.79 Å². The highest BCUT2D eigenvalue weighted by Gasteiger charge is 2.35. The molecular formula is C25H28N4O4S. The molecule has 0 saturated carbocycles. The zero-order chi connectivity index (χ0) is 24.2. The number of benzene rings is 2. The molecular weight excluding hydrogens is 452 g/mol. The van der Waals surface area contributed by atoms with E-state index in [0.717, 1.165) is 22.4 Å². The molecule has 1 aliphatic rings. The summed E-state index contributed by atoms with van der Waals surface area (Å²) >= 11 is 1.54. The van der Waals surface area contributed by atoms with E-state index in [0.29, 0.717) is 40.5 Å². The summed E-state index contributed by atoms with van der Waals surface area (Å²) in [5.41, 5.74) is 4.20. The van der Waals surface area contributed by atoms with E-state index in [4.69, 9.17) is 14.2 Å². The van der Waals surface area contributed by atoms with Gasteiger partial charge >= 0.3 is 5.97 Å². The summed E-state index contributed by atoms with van der Waals surface area (Å²) in [6, 6.07) is 13.2. The van der Waals surface area contributed by atoms with Gasteiger partial charge in [-0.3, -0.25) is 0 Å². The van der Waals surface area contributed by atoms with Gasteiger partial charge in [0.25, 0.3) is 0 Å². The minimum atomic E-state index is -0.526. The van der Waals surface area contributed by atoms with Crippen molar-refractivity contribution in [2.45, 2.75) is 38.6 Å². The third-order valence-electron chi connectivity index (χ3n) is 5.66. The summed E-state index contributed by atoms with van der Waals surface area (Å²) in [6.07, 6.45) is 0. The first kappa shape index (κ1) is 23.7. The predicted molar refractivity (Wildman–Crippen MR) is 131 cm³/mol. The number of hydrogen-bond donors (Lipinski definition) is 1. The number of methoxy groups -OCH3 is 2. The van der Waals surface area contributed by atoms with Crippen LogP contribution in [0.5, 0.6) is 11.5 Å². The molecule has 0 bridgehead atoms. The van der Waals surface area contributed by atoms with Crippen LogP contribution < -0.4 is 14.8 Å². The van der Waals surface area contributed by atoms with Gasteiger partial charge in [-0.05, 0) is 48.4 Å². The second-order valence-electron chi connectivity index (χ2n) is 7.78. The van der Waals surface area contributed by atoms with Crippen LogP contribution in [-0.4, -0.2) is 40.7 Å². The molecule has 3 aromatic rings. The van der Waals surface area contributed by atoms with Crippen LogP contribution in [0.2, 0.25) is 0 Å². The minimum absolute atomic E-state index is 0.424. The normalized spacial score (nSPS) is 14.9. The molecule has 0 radical (unpaired) electrons. The van der Waals surface area contributed by atoms with Crippen molar-refractivity contribution in [3.05, 3.63) is 70.4 Å². The number of rotatable bonds is 8. The van der Waals surface area contributed by atoms with Crippen molar-refractivity contribution in [1.82, 2.24) is 14.8 Å². The largest absolute Gasteiger partial charge is 0.493 e. The lowest BCUT2D eigenvalue weighted by Crippen LogP contribution is -2.29. The molecule has 1 unspecified atom stereocenters. The van der Waals surface area contributed by atoms with Crippen LogP contribution in [0.1, 0.15) is 36.6 Å². The second-order valence-corrected chi connectivity index (χ2v) is 9.01. The molecule has 0 fully saturated rings. The monoisotopic (exact) mass is 480 g/mol. The van der Waals surface area contributed by atoms with E-state index in [1.54, 1.807) is 11.8 Å². The Bertz CT molecular complexity index is 1240. The number of hydrogen-bond acceptors (Lipinski definition) is 8. The van der Waals surface area contributed by atoms with Gasteiger partial charge in [-0.25, -0.2) is 9.48 Å². The number of thioether (sulfide) groups is 1. The lowest BCUT2D eigenvalue weighted by molar-refractivity contribution is -0.136. The number of anilines is 1. The molecule has 1 aromatic heterocycles. The first-order valence-electron chi connectivity index (χ1n) is 11.0. The number of esters is 1.